The molecule has 2 saturated heterocycles. The molecule has 5 heterocycles. The topological polar surface area (TPSA) is 78.3 Å². The van der Waals surface area contributed by atoms with Crippen molar-refractivity contribution in [1.82, 2.24) is 24.8 Å². The molecule has 242 valence electrons. The van der Waals surface area contributed by atoms with Crippen molar-refractivity contribution in [1.29, 1.82) is 0 Å². The number of amides is 1. The smallest absolute Gasteiger partial charge is 0.238 e. The van der Waals surface area contributed by atoms with Gasteiger partial charge in [0.1, 0.15) is 11.3 Å². The van der Waals surface area contributed by atoms with Crippen molar-refractivity contribution in [2.24, 2.45) is 0 Å². The zero-order valence-corrected chi connectivity index (χ0v) is 27.5. The highest BCUT2D eigenvalue weighted by atomic mass is 35.5. The van der Waals surface area contributed by atoms with Crippen LogP contribution in [0.15, 0.2) is 54.9 Å². The number of halogens is 2. The summed E-state index contributed by atoms with van der Waals surface area (Å²) in [5.41, 5.74) is 5.42. The van der Waals surface area contributed by atoms with Gasteiger partial charge in [0, 0.05) is 29.4 Å². The number of hydrogen-bond donors (Lipinski definition) is 2. The van der Waals surface area contributed by atoms with Crippen LogP contribution in [0.2, 0.25) is 0 Å². The second-order valence-corrected chi connectivity index (χ2v) is 13.7. The number of nitrogens with zero attached hydrogens (tertiary/aromatic N) is 5. The molecule has 0 atom stereocenters. The summed E-state index contributed by atoms with van der Waals surface area (Å²) >= 11 is 0. The van der Waals surface area contributed by atoms with Gasteiger partial charge in [0.15, 0.2) is 5.82 Å². The first kappa shape index (κ1) is 31.1. The quantitative estimate of drug-likeness (QED) is 0.236. The number of piperidine rings is 2. The largest absolute Gasteiger partial charge is 0.336 e. The normalized spacial score (nSPS) is 22.6. The Kier molecular flexibility index (Phi) is 8.28. The van der Waals surface area contributed by atoms with Crippen molar-refractivity contribution in [3.63, 3.8) is 0 Å². The molecule has 0 unspecified atom stereocenters. The lowest BCUT2D eigenvalue weighted by Gasteiger charge is -2.48. The highest BCUT2D eigenvalue weighted by Gasteiger charge is 2.54. The number of carbonyl (C=O) groups excluding carboxylic acids is 1. The predicted octanol–water partition coefficient (Wildman–Crippen LogP) is 6.97. The molecule has 3 fully saturated rings. The molecular formula is C36H43ClFN7O. The van der Waals surface area contributed by atoms with E-state index in [0.717, 1.165) is 72.3 Å². The molecule has 46 heavy (non-hydrogen) atoms. The van der Waals surface area contributed by atoms with Crippen molar-refractivity contribution in [2.75, 3.05) is 36.4 Å². The summed E-state index contributed by atoms with van der Waals surface area (Å²) in [5.74, 6) is 0.500. The van der Waals surface area contributed by atoms with Crippen LogP contribution in [0.3, 0.4) is 0 Å². The molecule has 0 radical (unpaired) electrons. The lowest BCUT2D eigenvalue weighted by Crippen LogP contribution is -2.58. The van der Waals surface area contributed by atoms with E-state index < -0.39 is 5.41 Å². The van der Waals surface area contributed by atoms with E-state index in [1.807, 2.05) is 18.5 Å². The number of nitrogens with one attached hydrogen (secondary N) is 2. The zero-order chi connectivity index (χ0) is 30.7. The number of benzene rings is 2. The summed E-state index contributed by atoms with van der Waals surface area (Å²) in [6, 6.07) is 16.1. The number of fused-ring (bicyclic) bond motifs is 3. The van der Waals surface area contributed by atoms with Gasteiger partial charge < -0.3 is 25.0 Å². The standard InChI is InChI=1S/C36H42FN7O.ClH/c1-23(2)43-22-39-31-21-30(41-34(33(31)43)40-29-9-5-4-8-28(29)37)24-10-11-27-32(18-24)44(35(45)36(27)12-14-38-15-13-36)26-19-25(20-26)42-16-6-3-7-17-42;/h4-5,8-11,18,21-23,25-26,38H,3,6-7,12-17,19-20H2,1-2H3,(H,40,41);1H/t25-,26+;. The summed E-state index contributed by atoms with van der Waals surface area (Å²) in [4.78, 5) is 29.1. The molecule has 8 nitrogen and oxygen atoms in total. The number of imidazole rings is 1. The Morgan fingerprint density at radius 3 is 2.50 bits per heavy atom. The van der Waals surface area contributed by atoms with E-state index >= 15 is 0 Å². The molecule has 4 aliphatic rings. The minimum Gasteiger partial charge on any atom is -0.336 e. The van der Waals surface area contributed by atoms with Gasteiger partial charge >= 0.3 is 0 Å². The average Bonchev–Trinajstić information content (AvgIpc) is 3.57. The van der Waals surface area contributed by atoms with E-state index in [2.05, 4.69) is 57.0 Å². The van der Waals surface area contributed by atoms with Gasteiger partial charge in [-0.15, -0.1) is 12.4 Å². The SMILES string of the molecule is CC(C)n1cnc2cc(-c3ccc4c(c3)N([C@H]3C[C@@H](N5CCCCC5)C3)C(=O)C43CCNCC3)nc(Nc3ccccc3F)c21.Cl. The summed E-state index contributed by atoms with van der Waals surface area (Å²) in [7, 11) is 0. The second kappa shape index (κ2) is 12.2. The molecule has 2 N–H and O–H groups in total. The number of pyridine rings is 1. The minimum atomic E-state index is -0.458. The van der Waals surface area contributed by atoms with Crippen molar-refractivity contribution in [2.45, 2.75) is 82.3 Å². The van der Waals surface area contributed by atoms with Crippen LogP contribution in [-0.2, 0) is 10.2 Å². The molecule has 1 spiro atoms. The fraction of sp³-hybridized carbons (Fsp3) is 0.472. The number of likely N-dealkylation sites (tertiary alicyclic amines) is 1. The first-order chi connectivity index (χ1) is 21.9. The van der Waals surface area contributed by atoms with E-state index in [1.54, 1.807) is 12.1 Å². The molecule has 2 aromatic carbocycles. The number of rotatable bonds is 6. The minimum absolute atomic E-state index is 0. The number of para-hydroxylation sites is 1. The van der Waals surface area contributed by atoms with Crippen LogP contribution in [-0.4, -0.2) is 63.6 Å². The monoisotopic (exact) mass is 643 g/mol. The van der Waals surface area contributed by atoms with Crippen LogP contribution >= 0.6 is 12.4 Å². The fourth-order valence-corrected chi connectivity index (χ4v) is 8.18. The third-order valence-electron chi connectivity index (χ3n) is 10.7. The van der Waals surface area contributed by atoms with Gasteiger partial charge in [-0.3, -0.25) is 4.79 Å². The molecule has 1 saturated carbocycles. The van der Waals surface area contributed by atoms with Crippen LogP contribution < -0.4 is 15.5 Å². The molecule has 10 heteroatoms. The predicted molar refractivity (Wildman–Crippen MR) is 184 cm³/mol. The van der Waals surface area contributed by atoms with Crippen molar-refractivity contribution in [3.05, 3.63) is 66.2 Å². The number of anilines is 3. The molecule has 1 amide bonds. The van der Waals surface area contributed by atoms with Gasteiger partial charge in [0.25, 0.3) is 0 Å². The van der Waals surface area contributed by atoms with Gasteiger partial charge in [0.05, 0.1) is 28.6 Å². The van der Waals surface area contributed by atoms with Gasteiger partial charge in [0.2, 0.25) is 5.91 Å². The maximum Gasteiger partial charge on any atom is 0.238 e. The summed E-state index contributed by atoms with van der Waals surface area (Å²) in [6.45, 7) is 8.27. The Balaban J connectivity index is 0.00000338. The molecular weight excluding hydrogens is 601 g/mol. The number of aromatic nitrogens is 3. The van der Waals surface area contributed by atoms with E-state index in [1.165, 1.54) is 38.4 Å². The average molecular weight is 644 g/mol. The maximum absolute atomic E-state index is 14.8. The maximum atomic E-state index is 14.8. The Hall–Kier alpha value is -3.53. The first-order valence-corrected chi connectivity index (χ1v) is 16.8. The lowest BCUT2D eigenvalue weighted by atomic mass is 9.74. The highest BCUT2D eigenvalue weighted by molar-refractivity contribution is 6.09. The molecule has 8 rings (SSSR count). The van der Waals surface area contributed by atoms with Crippen LogP contribution in [0.25, 0.3) is 22.3 Å². The second-order valence-electron chi connectivity index (χ2n) is 13.7. The van der Waals surface area contributed by atoms with Crippen LogP contribution in [0.4, 0.5) is 21.6 Å². The number of carbonyl (C=O) groups is 1. The van der Waals surface area contributed by atoms with E-state index in [-0.39, 0.29) is 36.2 Å². The zero-order valence-electron chi connectivity index (χ0n) is 26.6. The van der Waals surface area contributed by atoms with Crippen molar-refractivity contribution in [3.8, 4) is 11.3 Å². The van der Waals surface area contributed by atoms with Crippen molar-refractivity contribution >= 4 is 46.5 Å². The fourth-order valence-electron chi connectivity index (χ4n) is 8.18. The van der Waals surface area contributed by atoms with Crippen LogP contribution in [0.1, 0.15) is 70.4 Å². The molecule has 4 aromatic rings. The Morgan fingerprint density at radius 2 is 1.76 bits per heavy atom. The summed E-state index contributed by atoms with van der Waals surface area (Å²) < 4.78 is 16.9. The third-order valence-corrected chi connectivity index (χ3v) is 10.7. The van der Waals surface area contributed by atoms with Gasteiger partial charge in [-0.1, -0.05) is 30.7 Å². The Morgan fingerprint density at radius 1 is 1.00 bits per heavy atom. The summed E-state index contributed by atoms with van der Waals surface area (Å²) in [6.07, 6.45) is 9.45. The molecule has 1 aliphatic carbocycles. The van der Waals surface area contributed by atoms with Gasteiger partial charge in [-0.05, 0) is 108 Å². The molecule has 3 aliphatic heterocycles. The Bertz CT molecular complexity index is 1750. The van der Waals surface area contributed by atoms with Crippen LogP contribution in [0.5, 0.6) is 0 Å². The van der Waals surface area contributed by atoms with Gasteiger partial charge in [-0.25, -0.2) is 14.4 Å². The molecule has 0 bridgehead atoms. The van der Waals surface area contributed by atoms with E-state index in [4.69, 9.17) is 9.97 Å². The van der Waals surface area contributed by atoms with Crippen LogP contribution in [0, 0.1) is 5.82 Å². The summed E-state index contributed by atoms with van der Waals surface area (Å²) in [5, 5.41) is 6.74. The third kappa shape index (κ3) is 5.07. The first-order valence-electron chi connectivity index (χ1n) is 16.8. The molecule has 2 aromatic heterocycles. The van der Waals surface area contributed by atoms with E-state index in [9.17, 15) is 9.18 Å². The highest BCUT2D eigenvalue weighted by Crippen LogP contribution is 2.51. The van der Waals surface area contributed by atoms with Crippen molar-refractivity contribution < 1.29 is 9.18 Å². The number of hydrogen-bond acceptors (Lipinski definition) is 6. The van der Waals surface area contributed by atoms with E-state index in [0.29, 0.717) is 17.5 Å². The Labute approximate surface area is 276 Å². The lowest BCUT2D eigenvalue weighted by molar-refractivity contribution is -0.125. The van der Waals surface area contributed by atoms with Gasteiger partial charge in [-0.2, -0.15) is 0 Å².